The molecule has 0 unspecified atom stereocenters. The molecule has 1 aromatic heterocycles. The minimum Gasteiger partial charge on any atom is -0.508 e. The number of phenolic OH excluding ortho intramolecular Hbond substituents is 1. The molecule has 0 aliphatic carbocycles. The molecule has 0 radical (unpaired) electrons. The molecular formula is C23H21NO2S. The fourth-order valence-corrected chi connectivity index (χ4v) is 4.26. The van der Waals surface area contributed by atoms with E-state index in [9.17, 15) is 5.11 Å². The van der Waals surface area contributed by atoms with Crippen LogP contribution < -0.4 is 10.5 Å². The lowest BCUT2D eigenvalue weighted by Gasteiger charge is -2.09. The van der Waals surface area contributed by atoms with Gasteiger partial charge in [-0.2, -0.15) is 0 Å². The molecule has 1 heterocycles. The van der Waals surface area contributed by atoms with Crippen LogP contribution in [0.25, 0.3) is 20.5 Å². The second-order valence-corrected chi connectivity index (χ2v) is 7.50. The standard InChI is InChI=1S/C23H21NO2S/c24-14-4-5-16-8-11-19(12-9-16)26-22-20-13-10-18(25)15-21(20)27-23(22)17-6-2-1-3-7-17/h1-3,6-13,15,25H,4-5,14,24H2. The van der Waals surface area contributed by atoms with Gasteiger partial charge in [-0.3, -0.25) is 0 Å². The second-order valence-electron chi connectivity index (χ2n) is 6.45. The molecule has 136 valence electrons. The third kappa shape index (κ3) is 3.82. The summed E-state index contributed by atoms with van der Waals surface area (Å²) in [5, 5.41) is 10.9. The smallest absolute Gasteiger partial charge is 0.153 e. The summed E-state index contributed by atoms with van der Waals surface area (Å²) in [6.45, 7) is 0.701. The lowest BCUT2D eigenvalue weighted by molar-refractivity contribution is 0.476. The Kier molecular flexibility index (Phi) is 5.10. The number of fused-ring (bicyclic) bond motifs is 1. The third-order valence-corrected chi connectivity index (χ3v) is 5.66. The summed E-state index contributed by atoms with van der Waals surface area (Å²) in [6.07, 6.45) is 1.96. The van der Waals surface area contributed by atoms with Crippen molar-refractivity contribution in [1.29, 1.82) is 0 Å². The van der Waals surface area contributed by atoms with Gasteiger partial charge in [-0.15, -0.1) is 11.3 Å². The molecule has 0 aliphatic heterocycles. The van der Waals surface area contributed by atoms with Crippen LogP contribution in [0.5, 0.6) is 17.2 Å². The predicted octanol–water partition coefficient (Wildman–Crippen LogP) is 5.96. The van der Waals surface area contributed by atoms with Gasteiger partial charge in [-0.1, -0.05) is 42.5 Å². The fraction of sp³-hybridized carbons (Fsp3) is 0.130. The van der Waals surface area contributed by atoms with E-state index in [1.807, 2.05) is 36.4 Å². The minimum absolute atomic E-state index is 0.263. The van der Waals surface area contributed by atoms with E-state index in [1.54, 1.807) is 23.5 Å². The third-order valence-electron chi connectivity index (χ3n) is 4.48. The summed E-state index contributed by atoms with van der Waals surface area (Å²) in [5.74, 6) is 1.89. The first-order valence-electron chi connectivity index (χ1n) is 9.02. The number of rotatable bonds is 6. The largest absolute Gasteiger partial charge is 0.508 e. The van der Waals surface area contributed by atoms with Gasteiger partial charge in [-0.25, -0.2) is 0 Å². The zero-order chi connectivity index (χ0) is 18.6. The lowest BCUT2D eigenvalue weighted by atomic mass is 10.1. The highest BCUT2D eigenvalue weighted by molar-refractivity contribution is 7.22. The van der Waals surface area contributed by atoms with Crippen LogP contribution in [0.4, 0.5) is 0 Å². The number of thiophene rings is 1. The number of hydrogen-bond acceptors (Lipinski definition) is 4. The first-order valence-corrected chi connectivity index (χ1v) is 9.84. The molecule has 4 aromatic rings. The maximum absolute atomic E-state index is 9.85. The van der Waals surface area contributed by atoms with Gasteiger partial charge in [0.05, 0.1) is 4.88 Å². The molecule has 3 aromatic carbocycles. The van der Waals surface area contributed by atoms with Crippen molar-refractivity contribution >= 4 is 21.4 Å². The van der Waals surface area contributed by atoms with Crippen molar-refractivity contribution in [3.05, 3.63) is 78.4 Å². The summed E-state index contributed by atoms with van der Waals surface area (Å²) in [4.78, 5) is 1.06. The Labute approximate surface area is 162 Å². The summed E-state index contributed by atoms with van der Waals surface area (Å²) in [7, 11) is 0. The van der Waals surface area contributed by atoms with Crippen LogP contribution in [0.15, 0.2) is 72.8 Å². The number of nitrogens with two attached hydrogens (primary N) is 1. The van der Waals surface area contributed by atoms with Crippen molar-refractivity contribution in [2.45, 2.75) is 12.8 Å². The van der Waals surface area contributed by atoms with E-state index >= 15 is 0 Å². The lowest BCUT2D eigenvalue weighted by Crippen LogP contribution is -2.00. The van der Waals surface area contributed by atoms with Crippen molar-refractivity contribution in [3.8, 4) is 27.7 Å². The van der Waals surface area contributed by atoms with Crippen molar-refractivity contribution in [2.24, 2.45) is 5.73 Å². The van der Waals surface area contributed by atoms with Gasteiger partial charge in [0, 0.05) is 10.1 Å². The molecule has 3 N–H and O–H groups in total. The van der Waals surface area contributed by atoms with Gasteiger partial charge in [0.1, 0.15) is 11.5 Å². The molecule has 0 saturated heterocycles. The Morgan fingerprint density at radius 2 is 1.70 bits per heavy atom. The highest BCUT2D eigenvalue weighted by Gasteiger charge is 2.16. The summed E-state index contributed by atoms with van der Waals surface area (Å²) in [6, 6.07) is 23.8. The molecule has 0 aliphatic rings. The first-order chi connectivity index (χ1) is 13.2. The van der Waals surface area contributed by atoms with E-state index in [0.29, 0.717) is 6.54 Å². The average molecular weight is 375 g/mol. The number of hydrogen-bond donors (Lipinski definition) is 2. The maximum Gasteiger partial charge on any atom is 0.153 e. The zero-order valence-electron chi connectivity index (χ0n) is 14.9. The Morgan fingerprint density at radius 1 is 0.926 bits per heavy atom. The molecule has 0 atom stereocenters. The van der Waals surface area contributed by atoms with Crippen LogP contribution >= 0.6 is 11.3 Å². The number of aryl methyl sites for hydroxylation is 1. The summed E-state index contributed by atoms with van der Waals surface area (Å²) in [5.41, 5.74) is 7.96. The average Bonchev–Trinajstić information content (AvgIpc) is 3.05. The number of ether oxygens (including phenoxy) is 1. The topological polar surface area (TPSA) is 55.5 Å². The maximum atomic E-state index is 9.85. The molecule has 0 fully saturated rings. The second kappa shape index (κ2) is 7.82. The molecule has 0 saturated carbocycles. The molecule has 0 amide bonds. The Bertz CT molecular complexity index is 1040. The van der Waals surface area contributed by atoms with Crippen LogP contribution in [0.1, 0.15) is 12.0 Å². The molecule has 4 heteroatoms. The highest BCUT2D eigenvalue weighted by Crippen LogP contribution is 2.47. The minimum atomic E-state index is 0.263. The van der Waals surface area contributed by atoms with E-state index < -0.39 is 0 Å². The van der Waals surface area contributed by atoms with Crippen molar-refractivity contribution in [3.63, 3.8) is 0 Å². The van der Waals surface area contributed by atoms with Gasteiger partial charge in [0.15, 0.2) is 5.75 Å². The van der Waals surface area contributed by atoms with Gasteiger partial charge in [-0.05, 0) is 60.8 Å². The van der Waals surface area contributed by atoms with Crippen LogP contribution in [0.3, 0.4) is 0 Å². The van der Waals surface area contributed by atoms with Crippen molar-refractivity contribution in [2.75, 3.05) is 6.54 Å². The Hall–Kier alpha value is -2.82. The monoisotopic (exact) mass is 375 g/mol. The van der Waals surface area contributed by atoms with Gasteiger partial charge >= 0.3 is 0 Å². The van der Waals surface area contributed by atoms with E-state index in [0.717, 1.165) is 44.9 Å². The highest BCUT2D eigenvalue weighted by atomic mass is 32.1. The molecule has 27 heavy (non-hydrogen) atoms. The molecule has 0 bridgehead atoms. The van der Waals surface area contributed by atoms with E-state index in [-0.39, 0.29) is 5.75 Å². The zero-order valence-corrected chi connectivity index (χ0v) is 15.7. The normalized spacial score (nSPS) is 11.0. The fourth-order valence-electron chi connectivity index (χ4n) is 3.09. The first kappa shape index (κ1) is 17.6. The number of benzene rings is 3. The van der Waals surface area contributed by atoms with Crippen molar-refractivity contribution in [1.82, 2.24) is 0 Å². The molecular weight excluding hydrogens is 354 g/mol. The van der Waals surface area contributed by atoms with E-state index in [2.05, 4.69) is 24.3 Å². The van der Waals surface area contributed by atoms with E-state index in [1.165, 1.54) is 5.56 Å². The number of aromatic hydroxyl groups is 1. The van der Waals surface area contributed by atoms with Crippen LogP contribution in [-0.4, -0.2) is 11.7 Å². The summed E-state index contributed by atoms with van der Waals surface area (Å²) >= 11 is 1.63. The Balaban J connectivity index is 1.73. The quantitative estimate of drug-likeness (QED) is 0.437. The van der Waals surface area contributed by atoms with Crippen LogP contribution in [0, 0.1) is 0 Å². The van der Waals surface area contributed by atoms with Gasteiger partial charge in [0.25, 0.3) is 0 Å². The van der Waals surface area contributed by atoms with Gasteiger partial charge in [0.2, 0.25) is 0 Å². The summed E-state index contributed by atoms with van der Waals surface area (Å²) < 4.78 is 7.32. The number of phenols is 1. The van der Waals surface area contributed by atoms with Gasteiger partial charge < -0.3 is 15.6 Å². The van der Waals surface area contributed by atoms with Crippen molar-refractivity contribution < 1.29 is 9.84 Å². The molecule has 3 nitrogen and oxygen atoms in total. The van der Waals surface area contributed by atoms with Crippen LogP contribution in [0.2, 0.25) is 0 Å². The SMILES string of the molecule is NCCCc1ccc(Oc2c(-c3ccccc3)sc3cc(O)ccc23)cc1. The Morgan fingerprint density at radius 3 is 2.44 bits per heavy atom. The van der Waals surface area contributed by atoms with E-state index in [4.69, 9.17) is 10.5 Å². The molecule has 4 rings (SSSR count). The molecule has 0 spiro atoms. The van der Waals surface area contributed by atoms with Crippen LogP contribution in [-0.2, 0) is 6.42 Å². The predicted molar refractivity (Wildman–Crippen MR) is 113 cm³/mol.